The fraction of sp³-hybridized carbons (Fsp3) is 0.0870. The number of ether oxygens (including phenoxy) is 1. The maximum Gasteiger partial charge on any atom is 0.271 e. The van der Waals surface area contributed by atoms with E-state index >= 15 is 0 Å². The lowest BCUT2D eigenvalue weighted by molar-refractivity contribution is -0.118. The molecule has 0 aliphatic heterocycles. The average molecular weight is 545 g/mol. The number of rotatable bonds is 7. The van der Waals surface area contributed by atoms with Crippen molar-refractivity contribution in [3.63, 3.8) is 0 Å². The Kier molecular flexibility index (Phi) is 7.97. The van der Waals surface area contributed by atoms with Crippen molar-refractivity contribution in [2.24, 2.45) is 5.10 Å². The van der Waals surface area contributed by atoms with Gasteiger partial charge in [-0.2, -0.15) is 5.10 Å². The Bertz CT molecular complexity index is 1100. The number of hydrogen-bond acceptors (Lipinski definition) is 4. The predicted octanol–water partition coefficient (Wildman–Crippen LogP) is 5.30. The molecule has 0 unspecified atom stereocenters. The van der Waals surface area contributed by atoms with Gasteiger partial charge in [-0.3, -0.25) is 9.59 Å². The molecule has 0 saturated carbocycles. The van der Waals surface area contributed by atoms with Gasteiger partial charge in [0.05, 0.1) is 15.2 Å². The van der Waals surface area contributed by atoms with Crippen LogP contribution in [-0.2, 0) is 4.79 Å². The third-order valence-electron chi connectivity index (χ3n) is 4.20. The standard InChI is InChI=1S/C23H19Br2N3O3/c1-15-7-5-6-10-20(15)27-21(29)14-31-22-18(24)11-16(12-19(22)25)13-26-28-23(30)17-8-3-2-4-9-17/h2-13H,14H2,1H3,(H,27,29)(H,28,30)/b26-13+. The molecule has 0 saturated heterocycles. The van der Waals surface area contributed by atoms with Gasteiger partial charge in [0.25, 0.3) is 11.8 Å². The molecule has 2 N–H and O–H groups in total. The molecular weight excluding hydrogens is 526 g/mol. The summed E-state index contributed by atoms with van der Waals surface area (Å²) in [5.74, 6) is -0.0673. The summed E-state index contributed by atoms with van der Waals surface area (Å²) in [6, 6.07) is 19.9. The van der Waals surface area contributed by atoms with Crippen molar-refractivity contribution < 1.29 is 14.3 Å². The van der Waals surface area contributed by atoms with Gasteiger partial charge in [0.2, 0.25) is 0 Å². The molecular formula is C23H19Br2N3O3. The molecule has 0 bridgehead atoms. The Morgan fingerprint density at radius 1 is 1.00 bits per heavy atom. The topological polar surface area (TPSA) is 79.8 Å². The van der Waals surface area contributed by atoms with Crippen molar-refractivity contribution in [2.75, 3.05) is 11.9 Å². The minimum Gasteiger partial charge on any atom is -0.481 e. The molecule has 0 aliphatic rings. The fourth-order valence-corrected chi connectivity index (χ4v) is 4.10. The maximum absolute atomic E-state index is 12.2. The van der Waals surface area contributed by atoms with Crippen LogP contribution in [0.5, 0.6) is 5.75 Å². The molecule has 0 radical (unpaired) electrons. The highest BCUT2D eigenvalue weighted by Crippen LogP contribution is 2.34. The van der Waals surface area contributed by atoms with Crippen LogP contribution in [0.3, 0.4) is 0 Å². The van der Waals surface area contributed by atoms with E-state index in [4.69, 9.17) is 4.74 Å². The summed E-state index contributed by atoms with van der Waals surface area (Å²) in [6.07, 6.45) is 1.52. The molecule has 0 atom stereocenters. The number of hydrazone groups is 1. The molecule has 158 valence electrons. The largest absolute Gasteiger partial charge is 0.481 e. The highest BCUT2D eigenvalue weighted by Gasteiger charge is 2.12. The van der Waals surface area contributed by atoms with Gasteiger partial charge in [-0.1, -0.05) is 36.4 Å². The number of para-hydroxylation sites is 1. The fourth-order valence-electron chi connectivity index (χ4n) is 2.65. The first kappa shape index (κ1) is 22.7. The van der Waals surface area contributed by atoms with Gasteiger partial charge in [0.1, 0.15) is 5.75 Å². The van der Waals surface area contributed by atoms with E-state index in [0.29, 0.717) is 20.3 Å². The first-order valence-corrected chi connectivity index (χ1v) is 10.9. The van der Waals surface area contributed by atoms with E-state index < -0.39 is 0 Å². The minimum absolute atomic E-state index is 0.147. The first-order chi connectivity index (χ1) is 14.9. The minimum atomic E-state index is -0.297. The van der Waals surface area contributed by atoms with Crippen molar-refractivity contribution in [3.05, 3.63) is 92.4 Å². The van der Waals surface area contributed by atoms with Gasteiger partial charge in [-0.05, 0) is 80.2 Å². The zero-order valence-electron chi connectivity index (χ0n) is 16.6. The molecule has 0 spiro atoms. The van der Waals surface area contributed by atoms with Crippen LogP contribution in [0.2, 0.25) is 0 Å². The number of halogens is 2. The van der Waals surface area contributed by atoms with E-state index in [1.165, 1.54) is 6.21 Å². The number of anilines is 1. The SMILES string of the molecule is Cc1ccccc1NC(=O)COc1c(Br)cc(/C=N/NC(=O)c2ccccc2)cc1Br. The lowest BCUT2D eigenvalue weighted by Crippen LogP contribution is -2.21. The molecule has 2 amide bonds. The van der Waals surface area contributed by atoms with Crippen LogP contribution in [-0.4, -0.2) is 24.6 Å². The molecule has 0 heterocycles. The predicted molar refractivity (Wildman–Crippen MR) is 129 cm³/mol. The Morgan fingerprint density at radius 3 is 2.32 bits per heavy atom. The van der Waals surface area contributed by atoms with E-state index in [0.717, 1.165) is 16.8 Å². The second-order valence-electron chi connectivity index (χ2n) is 6.53. The number of aryl methyl sites for hydroxylation is 1. The van der Waals surface area contributed by atoms with E-state index in [1.54, 1.807) is 36.4 Å². The Labute approximate surface area is 197 Å². The number of carbonyl (C=O) groups is 2. The average Bonchev–Trinajstić information content (AvgIpc) is 2.75. The molecule has 8 heteroatoms. The highest BCUT2D eigenvalue weighted by atomic mass is 79.9. The van der Waals surface area contributed by atoms with Crippen LogP contribution in [0.1, 0.15) is 21.5 Å². The molecule has 6 nitrogen and oxygen atoms in total. The Morgan fingerprint density at radius 2 is 1.65 bits per heavy atom. The molecule has 3 aromatic carbocycles. The van der Waals surface area contributed by atoms with Crippen LogP contribution in [0, 0.1) is 6.92 Å². The molecule has 3 aromatic rings. The molecule has 0 aliphatic carbocycles. The highest BCUT2D eigenvalue weighted by molar-refractivity contribution is 9.11. The van der Waals surface area contributed by atoms with Gasteiger partial charge in [0, 0.05) is 11.3 Å². The van der Waals surface area contributed by atoms with Crippen molar-refractivity contribution in [2.45, 2.75) is 6.92 Å². The maximum atomic E-state index is 12.2. The van der Waals surface area contributed by atoms with Crippen molar-refractivity contribution >= 4 is 55.6 Å². The Hall–Kier alpha value is -2.97. The van der Waals surface area contributed by atoms with Crippen LogP contribution in [0.25, 0.3) is 0 Å². The van der Waals surface area contributed by atoms with E-state index in [-0.39, 0.29) is 18.4 Å². The van der Waals surface area contributed by atoms with Gasteiger partial charge in [-0.15, -0.1) is 0 Å². The van der Waals surface area contributed by atoms with Crippen molar-refractivity contribution in [1.82, 2.24) is 5.43 Å². The van der Waals surface area contributed by atoms with Gasteiger partial charge < -0.3 is 10.1 Å². The number of benzene rings is 3. The summed E-state index contributed by atoms with van der Waals surface area (Å²) in [5.41, 5.74) is 5.45. The summed E-state index contributed by atoms with van der Waals surface area (Å²) < 4.78 is 6.96. The van der Waals surface area contributed by atoms with Crippen LogP contribution in [0.4, 0.5) is 5.69 Å². The van der Waals surface area contributed by atoms with E-state index in [2.05, 4.69) is 47.7 Å². The second-order valence-corrected chi connectivity index (χ2v) is 8.24. The zero-order valence-corrected chi connectivity index (χ0v) is 19.7. The summed E-state index contributed by atoms with van der Waals surface area (Å²) in [7, 11) is 0. The summed E-state index contributed by atoms with van der Waals surface area (Å²) in [5, 5.41) is 6.81. The summed E-state index contributed by atoms with van der Waals surface area (Å²) in [4.78, 5) is 24.2. The smallest absolute Gasteiger partial charge is 0.271 e. The molecule has 3 rings (SSSR count). The first-order valence-electron chi connectivity index (χ1n) is 9.30. The normalized spacial score (nSPS) is 10.7. The van der Waals surface area contributed by atoms with Crippen LogP contribution < -0.4 is 15.5 Å². The number of nitrogens with one attached hydrogen (secondary N) is 2. The molecule has 0 aromatic heterocycles. The third kappa shape index (κ3) is 6.50. The van der Waals surface area contributed by atoms with E-state index in [9.17, 15) is 9.59 Å². The van der Waals surface area contributed by atoms with Gasteiger partial charge >= 0.3 is 0 Å². The number of amides is 2. The van der Waals surface area contributed by atoms with Gasteiger partial charge in [0.15, 0.2) is 6.61 Å². The van der Waals surface area contributed by atoms with Crippen LogP contribution in [0.15, 0.2) is 80.8 Å². The monoisotopic (exact) mass is 543 g/mol. The second kappa shape index (κ2) is 10.9. The lowest BCUT2D eigenvalue weighted by atomic mass is 10.2. The number of hydrogen-bond donors (Lipinski definition) is 2. The zero-order chi connectivity index (χ0) is 22.2. The third-order valence-corrected chi connectivity index (χ3v) is 5.38. The molecule has 0 fully saturated rings. The summed E-state index contributed by atoms with van der Waals surface area (Å²) >= 11 is 6.90. The quantitative estimate of drug-likeness (QED) is 0.313. The summed E-state index contributed by atoms with van der Waals surface area (Å²) in [6.45, 7) is 1.78. The molecule has 31 heavy (non-hydrogen) atoms. The van der Waals surface area contributed by atoms with E-state index in [1.807, 2.05) is 37.3 Å². The van der Waals surface area contributed by atoms with Crippen molar-refractivity contribution in [3.8, 4) is 5.75 Å². The van der Waals surface area contributed by atoms with Crippen LogP contribution >= 0.6 is 31.9 Å². The Balaban J connectivity index is 1.59. The number of carbonyl (C=O) groups excluding carboxylic acids is 2. The van der Waals surface area contributed by atoms with Crippen molar-refractivity contribution in [1.29, 1.82) is 0 Å². The number of nitrogens with zero attached hydrogens (tertiary/aromatic N) is 1. The van der Waals surface area contributed by atoms with Gasteiger partial charge in [-0.25, -0.2) is 5.43 Å². The lowest BCUT2D eigenvalue weighted by Gasteiger charge is -2.12.